The Hall–Kier alpha value is -1.10. The molecule has 18 heavy (non-hydrogen) atoms. The number of nitrogens with one attached hydrogen (secondary N) is 2. The fourth-order valence-electron chi connectivity index (χ4n) is 2.07. The summed E-state index contributed by atoms with van der Waals surface area (Å²) in [6, 6.07) is -0.366. The molecule has 1 fully saturated rings. The topological polar surface area (TPSA) is 61.4 Å². The molecular formula is C13H25N3O2. The van der Waals surface area contributed by atoms with Crippen LogP contribution in [0.15, 0.2) is 0 Å². The minimum Gasteiger partial charge on any atom is -0.344 e. The normalized spacial score (nSPS) is 17.7. The average molecular weight is 255 g/mol. The van der Waals surface area contributed by atoms with Gasteiger partial charge in [0.15, 0.2) is 0 Å². The zero-order valence-corrected chi connectivity index (χ0v) is 11.7. The molecule has 0 aliphatic carbocycles. The number of hydrogen-bond acceptors (Lipinski definition) is 3. The summed E-state index contributed by atoms with van der Waals surface area (Å²) in [6.07, 6.45) is 1.12. The van der Waals surface area contributed by atoms with Gasteiger partial charge in [-0.15, -0.1) is 0 Å². The monoisotopic (exact) mass is 255 g/mol. The van der Waals surface area contributed by atoms with Crippen molar-refractivity contribution in [2.75, 3.05) is 26.2 Å². The number of nitrogens with zero attached hydrogens (tertiary/aromatic N) is 1. The second-order valence-corrected chi connectivity index (χ2v) is 5.20. The number of carbonyl (C=O) groups is 2. The van der Waals surface area contributed by atoms with E-state index >= 15 is 0 Å². The second kappa shape index (κ2) is 7.36. The first kappa shape index (κ1) is 15.0. The van der Waals surface area contributed by atoms with E-state index in [0.29, 0.717) is 18.8 Å². The van der Waals surface area contributed by atoms with Crippen LogP contribution < -0.4 is 10.6 Å². The first-order valence-electron chi connectivity index (χ1n) is 6.83. The van der Waals surface area contributed by atoms with Crippen molar-refractivity contribution in [1.82, 2.24) is 15.5 Å². The molecule has 1 saturated heterocycles. The Balaban J connectivity index is 2.48. The molecule has 0 saturated carbocycles. The van der Waals surface area contributed by atoms with Gasteiger partial charge in [-0.2, -0.15) is 0 Å². The third-order valence-corrected chi connectivity index (χ3v) is 3.06. The van der Waals surface area contributed by atoms with Gasteiger partial charge in [-0.3, -0.25) is 9.59 Å². The van der Waals surface area contributed by atoms with Crippen LogP contribution in [0.4, 0.5) is 0 Å². The minimum atomic E-state index is -0.366. The maximum Gasteiger partial charge on any atom is 0.245 e. The summed E-state index contributed by atoms with van der Waals surface area (Å²) < 4.78 is 0. The minimum absolute atomic E-state index is 0.0275. The molecule has 0 aromatic rings. The molecule has 1 unspecified atom stereocenters. The Morgan fingerprint density at radius 2 is 1.89 bits per heavy atom. The van der Waals surface area contributed by atoms with Crippen LogP contribution in [0.2, 0.25) is 0 Å². The molecule has 0 spiro atoms. The molecule has 1 rings (SSSR count). The fourth-order valence-corrected chi connectivity index (χ4v) is 2.07. The van der Waals surface area contributed by atoms with Gasteiger partial charge in [0.05, 0.1) is 0 Å². The zero-order valence-electron chi connectivity index (χ0n) is 11.7. The molecule has 5 nitrogen and oxygen atoms in total. The van der Waals surface area contributed by atoms with Gasteiger partial charge in [-0.25, -0.2) is 0 Å². The van der Waals surface area contributed by atoms with E-state index in [4.69, 9.17) is 0 Å². The van der Waals surface area contributed by atoms with Gasteiger partial charge in [-0.05, 0) is 12.3 Å². The lowest BCUT2D eigenvalue weighted by molar-refractivity contribution is -0.137. The van der Waals surface area contributed by atoms with Crippen LogP contribution >= 0.6 is 0 Å². The molecule has 1 atom stereocenters. The van der Waals surface area contributed by atoms with Gasteiger partial charge in [0, 0.05) is 32.6 Å². The summed E-state index contributed by atoms with van der Waals surface area (Å²) in [7, 11) is 0. The molecular weight excluding hydrogens is 230 g/mol. The van der Waals surface area contributed by atoms with Crippen molar-refractivity contribution in [3.63, 3.8) is 0 Å². The van der Waals surface area contributed by atoms with Crippen molar-refractivity contribution in [1.29, 1.82) is 0 Å². The first-order chi connectivity index (χ1) is 8.54. The molecule has 0 aromatic carbocycles. The molecule has 104 valence electrons. The van der Waals surface area contributed by atoms with E-state index in [1.807, 2.05) is 25.7 Å². The Morgan fingerprint density at radius 1 is 1.28 bits per heavy atom. The fraction of sp³-hybridized carbons (Fsp3) is 0.846. The maximum absolute atomic E-state index is 12.2. The van der Waals surface area contributed by atoms with E-state index in [-0.39, 0.29) is 17.9 Å². The van der Waals surface area contributed by atoms with E-state index in [1.54, 1.807) is 0 Å². The lowest BCUT2D eigenvalue weighted by Crippen LogP contribution is -2.53. The summed E-state index contributed by atoms with van der Waals surface area (Å²) in [5.41, 5.74) is 0. The molecule has 1 aliphatic rings. The Labute approximate surface area is 109 Å². The number of rotatable bonds is 5. The highest BCUT2D eigenvalue weighted by Gasteiger charge is 2.25. The predicted octanol–water partition coefficient (Wildman–Crippen LogP) is 0.359. The Morgan fingerprint density at radius 3 is 2.39 bits per heavy atom. The largest absolute Gasteiger partial charge is 0.344 e. The standard InChI is InChI=1S/C13H25N3O2/c1-4-11(15-12(17)9-10(2)3)13(18)16-7-5-14-6-8-16/h10-11,14H,4-9H2,1-3H3,(H,15,17). The van der Waals surface area contributed by atoms with E-state index in [1.165, 1.54) is 0 Å². The van der Waals surface area contributed by atoms with Crippen LogP contribution in [-0.4, -0.2) is 48.9 Å². The van der Waals surface area contributed by atoms with Crippen LogP contribution in [0.1, 0.15) is 33.6 Å². The SMILES string of the molecule is CCC(NC(=O)CC(C)C)C(=O)N1CCNCC1. The lowest BCUT2D eigenvalue weighted by Gasteiger charge is -2.31. The van der Waals surface area contributed by atoms with E-state index in [0.717, 1.165) is 26.2 Å². The zero-order chi connectivity index (χ0) is 13.5. The third-order valence-electron chi connectivity index (χ3n) is 3.06. The summed E-state index contributed by atoms with van der Waals surface area (Å²) >= 11 is 0. The Bertz CT molecular complexity index is 286. The van der Waals surface area contributed by atoms with Crippen molar-refractivity contribution in [2.24, 2.45) is 5.92 Å². The summed E-state index contributed by atoms with van der Waals surface area (Å²) in [5.74, 6) is 0.341. The molecule has 2 amide bonds. The highest BCUT2D eigenvalue weighted by Crippen LogP contribution is 2.04. The second-order valence-electron chi connectivity index (χ2n) is 5.20. The Kier molecular flexibility index (Phi) is 6.12. The summed E-state index contributed by atoms with van der Waals surface area (Å²) in [6.45, 7) is 9.06. The number of hydrogen-bond donors (Lipinski definition) is 2. The van der Waals surface area contributed by atoms with Crippen LogP contribution in [0.5, 0.6) is 0 Å². The van der Waals surface area contributed by atoms with Gasteiger partial charge in [0.1, 0.15) is 6.04 Å². The molecule has 0 bridgehead atoms. The van der Waals surface area contributed by atoms with Crippen LogP contribution in [-0.2, 0) is 9.59 Å². The van der Waals surface area contributed by atoms with Gasteiger partial charge in [0.25, 0.3) is 0 Å². The van der Waals surface area contributed by atoms with E-state index in [2.05, 4.69) is 10.6 Å². The van der Waals surface area contributed by atoms with Crippen LogP contribution in [0, 0.1) is 5.92 Å². The maximum atomic E-state index is 12.2. The molecule has 5 heteroatoms. The van der Waals surface area contributed by atoms with Crippen molar-refractivity contribution in [3.8, 4) is 0 Å². The third kappa shape index (κ3) is 4.64. The number of piperazine rings is 1. The molecule has 2 N–H and O–H groups in total. The predicted molar refractivity (Wildman–Crippen MR) is 71.1 cm³/mol. The summed E-state index contributed by atoms with van der Waals surface area (Å²) in [5, 5.41) is 6.06. The first-order valence-corrected chi connectivity index (χ1v) is 6.83. The van der Waals surface area contributed by atoms with Crippen molar-refractivity contribution < 1.29 is 9.59 Å². The molecule has 1 aliphatic heterocycles. The average Bonchev–Trinajstić information content (AvgIpc) is 2.35. The highest BCUT2D eigenvalue weighted by atomic mass is 16.2. The molecule has 0 radical (unpaired) electrons. The van der Waals surface area contributed by atoms with E-state index in [9.17, 15) is 9.59 Å². The van der Waals surface area contributed by atoms with Crippen molar-refractivity contribution in [3.05, 3.63) is 0 Å². The summed E-state index contributed by atoms with van der Waals surface area (Å²) in [4.78, 5) is 25.8. The van der Waals surface area contributed by atoms with Gasteiger partial charge in [0.2, 0.25) is 11.8 Å². The smallest absolute Gasteiger partial charge is 0.245 e. The van der Waals surface area contributed by atoms with Gasteiger partial charge in [-0.1, -0.05) is 20.8 Å². The molecule has 0 aromatic heterocycles. The molecule has 1 heterocycles. The number of carbonyl (C=O) groups excluding carboxylic acids is 2. The van der Waals surface area contributed by atoms with Gasteiger partial charge >= 0.3 is 0 Å². The van der Waals surface area contributed by atoms with E-state index < -0.39 is 0 Å². The highest BCUT2D eigenvalue weighted by molar-refractivity contribution is 5.87. The van der Waals surface area contributed by atoms with Gasteiger partial charge < -0.3 is 15.5 Å². The van der Waals surface area contributed by atoms with Crippen molar-refractivity contribution in [2.45, 2.75) is 39.7 Å². The van der Waals surface area contributed by atoms with Crippen LogP contribution in [0.3, 0.4) is 0 Å². The van der Waals surface area contributed by atoms with Crippen LogP contribution in [0.25, 0.3) is 0 Å². The lowest BCUT2D eigenvalue weighted by atomic mass is 10.1. The number of amides is 2. The van der Waals surface area contributed by atoms with Crippen molar-refractivity contribution >= 4 is 11.8 Å². The quantitative estimate of drug-likeness (QED) is 0.745.